The molecule has 1 aliphatic carbocycles. The number of Topliss-reactive ketones (excluding diaryl/α,β-unsaturated/α-hetero) is 1. The SMILES string of the molecule is CC(=O)c1ccc2c(c1)[C@@H]1C=CC[C@H]1[C@@H](c1cccc3ccccc13)N2. The van der Waals surface area contributed by atoms with Gasteiger partial charge < -0.3 is 5.32 Å². The van der Waals surface area contributed by atoms with Gasteiger partial charge in [-0.05, 0) is 59.4 Å². The normalized spacial score (nSPS) is 23.3. The van der Waals surface area contributed by atoms with Crippen molar-refractivity contribution in [2.75, 3.05) is 5.32 Å². The summed E-state index contributed by atoms with van der Waals surface area (Å²) in [6.45, 7) is 1.64. The van der Waals surface area contributed by atoms with Crippen molar-refractivity contribution >= 4 is 22.2 Å². The Labute approximate surface area is 153 Å². The van der Waals surface area contributed by atoms with Crippen molar-refractivity contribution in [1.82, 2.24) is 0 Å². The van der Waals surface area contributed by atoms with Crippen LogP contribution in [0.1, 0.15) is 46.8 Å². The lowest BCUT2D eigenvalue weighted by Gasteiger charge is -2.38. The minimum Gasteiger partial charge on any atom is -0.378 e. The van der Waals surface area contributed by atoms with E-state index in [1.165, 1.54) is 21.9 Å². The molecule has 0 spiro atoms. The molecule has 2 aliphatic rings. The van der Waals surface area contributed by atoms with Gasteiger partial charge in [0.15, 0.2) is 5.78 Å². The van der Waals surface area contributed by atoms with Crippen molar-refractivity contribution in [3.63, 3.8) is 0 Å². The van der Waals surface area contributed by atoms with Crippen molar-refractivity contribution in [3.05, 3.63) is 89.5 Å². The maximum atomic E-state index is 11.8. The second kappa shape index (κ2) is 5.84. The molecule has 0 aromatic heterocycles. The van der Waals surface area contributed by atoms with Crippen LogP contribution in [-0.2, 0) is 0 Å². The molecule has 2 heteroatoms. The number of hydrogen-bond acceptors (Lipinski definition) is 2. The van der Waals surface area contributed by atoms with E-state index in [1.54, 1.807) is 6.92 Å². The van der Waals surface area contributed by atoms with E-state index >= 15 is 0 Å². The molecule has 0 saturated heterocycles. The molecule has 1 heterocycles. The van der Waals surface area contributed by atoms with E-state index in [1.807, 2.05) is 6.07 Å². The Morgan fingerprint density at radius 1 is 1.00 bits per heavy atom. The van der Waals surface area contributed by atoms with Gasteiger partial charge in [0, 0.05) is 17.2 Å². The van der Waals surface area contributed by atoms with Crippen molar-refractivity contribution in [1.29, 1.82) is 0 Å². The molecule has 0 radical (unpaired) electrons. The van der Waals surface area contributed by atoms with E-state index in [2.05, 4.69) is 72.1 Å². The molecule has 128 valence electrons. The summed E-state index contributed by atoms with van der Waals surface area (Å²) in [7, 11) is 0. The average Bonchev–Trinajstić information content (AvgIpc) is 3.16. The number of rotatable bonds is 2. The van der Waals surface area contributed by atoms with Crippen molar-refractivity contribution in [3.8, 4) is 0 Å². The van der Waals surface area contributed by atoms with Gasteiger partial charge in [0.05, 0.1) is 6.04 Å². The van der Waals surface area contributed by atoms with Gasteiger partial charge in [-0.15, -0.1) is 0 Å². The summed E-state index contributed by atoms with van der Waals surface area (Å²) in [5.41, 5.74) is 4.57. The topological polar surface area (TPSA) is 29.1 Å². The van der Waals surface area contributed by atoms with Crippen LogP contribution in [0.5, 0.6) is 0 Å². The van der Waals surface area contributed by atoms with Gasteiger partial charge in [-0.2, -0.15) is 0 Å². The van der Waals surface area contributed by atoms with Crippen LogP contribution in [0.4, 0.5) is 5.69 Å². The number of carbonyl (C=O) groups excluding carboxylic acids is 1. The molecule has 1 N–H and O–H groups in total. The van der Waals surface area contributed by atoms with Crippen LogP contribution < -0.4 is 5.32 Å². The first kappa shape index (κ1) is 15.4. The molecule has 0 unspecified atom stereocenters. The number of nitrogens with one attached hydrogen (secondary N) is 1. The van der Waals surface area contributed by atoms with Crippen molar-refractivity contribution in [2.45, 2.75) is 25.3 Å². The van der Waals surface area contributed by atoms with Gasteiger partial charge in [-0.3, -0.25) is 4.79 Å². The number of benzene rings is 3. The van der Waals surface area contributed by atoms with Gasteiger partial charge >= 0.3 is 0 Å². The standard InChI is InChI=1S/C24H21NO/c1-15(26)17-12-13-23-22(14-17)19-9-5-11-21(19)24(25-23)20-10-4-7-16-6-2-3-8-18(16)20/h2-10,12-14,19,21,24-25H,11H2,1H3/t19-,21-,24-/m1/s1. The fourth-order valence-corrected chi connectivity index (χ4v) is 4.64. The molecule has 5 rings (SSSR count). The Bertz CT molecular complexity index is 1040. The Hall–Kier alpha value is -2.87. The molecule has 0 amide bonds. The number of fused-ring (bicyclic) bond motifs is 4. The molecule has 3 aromatic carbocycles. The van der Waals surface area contributed by atoms with Crippen LogP contribution in [-0.4, -0.2) is 5.78 Å². The summed E-state index contributed by atoms with van der Waals surface area (Å²) in [4.78, 5) is 11.8. The van der Waals surface area contributed by atoms with Gasteiger partial charge in [-0.25, -0.2) is 0 Å². The largest absolute Gasteiger partial charge is 0.378 e. The molecule has 0 fully saturated rings. The third kappa shape index (κ3) is 2.29. The van der Waals surface area contributed by atoms with Crippen LogP contribution in [0.2, 0.25) is 0 Å². The minimum atomic E-state index is 0.127. The summed E-state index contributed by atoms with van der Waals surface area (Å²) < 4.78 is 0. The second-order valence-corrected chi connectivity index (χ2v) is 7.40. The lowest BCUT2D eigenvalue weighted by molar-refractivity contribution is 0.101. The van der Waals surface area contributed by atoms with E-state index in [0.717, 1.165) is 17.7 Å². The fraction of sp³-hybridized carbons (Fsp3) is 0.208. The first-order valence-corrected chi connectivity index (χ1v) is 9.28. The third-order valence-corrected chi connectivity index (χ3v) is 5.93. The second-order valence-electron chi connectivity index (χ2n) is 7.40. The summed E-state index contributed by atoms with van der Waals surface area (Å²) in [6.07, 6.45) is 5.69. The van der Waals surface area contributed by atoms with Crippen LogP contribution in [0.25, 0.3) is 10.8 Å². The van der Waals surface area contributed by atoms with E-state index < -0.39 is 0 Å². The number of carbonyl (C=O) groups is 1. The third-order valence-electron chi connectivity index (χ3n) is 5.93. The summed E-state index contributed by atoms with van der Waals surface area (Å²) in [5.74, 6) is 0.979. The number of anilines is 1. The number of hydrogen-bond donors (Lipinski definition) is 1. The maximum absolute atomic E-state index is 11.8. The quantitative estimate of drug-likeness (QED) is 0.467. The summed E-state index contributed by atoms with van der Waals surface area (Å²) >= 11 is 0. The monoisotopic (exact) mass is 339 g/mol. The first-order valence-electron chi connectivity index (χ1n) is 9.28. The molecule has 0 saturated carbocycles. The smallest absolute Gasteiger partial charge is 0.159 e. The lowest BCUT2D eigenvalue weighted by Crippen LogP contribution is -2.29. The van der Waals surface area contributed by atoms with E-state index in [4.69, 9.17) is 0 Å². The van der Waals surface area contributed by atoms with Gasteiger partial charge in [0.2, 0.25) is 0 Å². The van der Waals surface area contributed by atoms with E-state index in [0.29, 0.717) is 11.8 Å². The molecule has 2 nitrogen and oxygen atoms in total. The zero-order valence-electron chi connectivity index (χ0n) is 14.8. The number of ketones is 1. The van der Waals surface area contributed by atoms with Crippen LogP contribution >= 0.6 is 0 Å². The van der Waals surface area contributed by atoms with E-state index in [9.17, 15) is 4.79 Å². The maximum Gasteiger partial charge on any atom is 0.159 e. The van der Waals surface area contributed by atoms with Gasteiger partial charge in [-0.1, -0.05) is 54.6 Å². The Morgan fingerprint density at radius 2 is 1.85 bits per heavy atom. The zero-order chi connectivity index (χ0) is 17.7. The highest BCUT2D eigenvalue weighted by Gasteiger charge is 2.38. The molecular weight excluding hydrogens is 318 g/mol. The van der Waals surface area contributed by atoms with Crippen LogP contribution in [0, 0.1) is 5.92 Å². The Kier molecular flexibility index (Phi) is 3.46. The number of allylic oxidation sites excluding steroid dienone is 2. The predicted octanol–water partition coefficient (Wildman–Crippen LogP) is 5.87. The summed E-state index contributed by atoms with van der Waals surface area (Å²) in [6, 6.07) is 21.6. The zero-order valence-corrected chi connectivity index (χ0v) is 14.8. The first-order chi connectivity index (χ1) is 12.7. The van der Waals surface area contributed by atoms with Gasteiger partial charge in [0.25, 0.3) is 0 Å². The van der Waals surface area contributed by atoms with E-state index in [-0.39, 0.29) is 11.8 Å². The highest BCUT2D eigenvalue weighted by Crippen LogP contribution is 2.50. The molecule has 3 atom stereocenters. The van der Waals surface area contributed by atoms with Crippen molar-refractivity contribution in [2.24, 2.45) is 5.92 Å². The molecule has 1 aliphatic heterocycles. The predicted molar refractivity (Wildman–Crippen MR) is 107 cm³/mol. The fourth-order valence-electron chi connectivity index (χ4n) is 4.64. The molecule has 26 heavy (non-hydrogen) atoms. The van der Waals surface area contributed by atoms with Crippen LogP contribution in [0.3, 0.4) is 0 Å². The molecular formula is C24H21NO. The minimum absolute atomic E-state index is 0.127. The average molecular weight is 339 g/mol. The Balaban J connectivity index is 1.65. The Morgan fingerprint density at radius 3 is 2.73 bits per heavy atom. The molecule has 3 aromatic rings. The molecule has 0 bridgehead atoms. The van der Waals surface area contributed by atoms with Crippen molar-refractivity contribution < 1.29 is 4.79 Å². The lowest BCUT2D eigenvalue weighted by atomic mass is 9.75. The highest BCUT2D eigenvalue weighted by molar-refractivity contribution is 5.95. The van der Waals surface area contributed by atoms with Gasteiger partial charge in [0.1, 0.15) is 0 Å². The highest BCUT2D eigenvalue weighted by atomic mass is 16.1. The van der Waals surface area contributed by atoms with Crippen LogP contribution in [0.15, 0.2) is 72.8 Å². The summed E-state index contributed by atoms with van der Waals surface area (Å²) in [5, 5.41) is 6.40.